The minimum atomic E-state index is 0.494. The number of nitrogens with one attached hydrogen (secondary N) is 2. The molecular weight excluding hydrogens is 164 g/mol. The van der Waals surface area contributed by atoms with E-state index in [1.807, 2.05) is 6.19 Å². The van der Waals surface area contributed by atoms with Gasteiger partial charge in [0.2, 0.25) is 5.96 Å². The van der Waals surface area contributed by atoms with Gasteiger partial charge in [0.1, 0.15) is 0 Å². The fourth-order valence-corrected chi connectivity index (χ4v) is 1.65. The lowest BCUT2D eigenvalue weighted by molar-refractivity contribution is 0.411. The summed E-state index contributed by atoms with van der Waals surface area (Å²) >= 11 is 0. The van der Waals surface area contributed by atoms with Gasteiger partial charge in [0.15, 0.2) is 6.19 Å². The summed E-state index contributed by atoms with van der Waals surface area (Å²) in [5.41, 5.74) is 0. The Bertz CT molecular complexity index is 210. The number of guanidine groups is 1. The number of rotatable bonds is 1. The van der Waals surface area contributed by atoms with Gasteiger partial charge in [-0.1, -0.05) is 19.3 Å². The fourth-order valence-electron chi connectivity index (χ4n) is 1.65. The topological polar surface area (TPSA) is 60.2 Å². The Hall–Kier alpha value is -1.24. The molecule has 0 bridgehead atoms. The van der Waals surface area contributed by atoms with Crippen LogP contribution in [0, 0.1) is 11.5 Å². The molecule has 0 amide bonds. The van der Waals surface area contributed by atoms with Crippen molar-refractivity contribution in [2.45, 2.75) is 38.1 Å². The number of hydrogen-bond donors (Lipinski definition) is 2. The lowest BCUT2D eigenvalue weighted by atomic mass is 9.96. The van der Waals surface area contributed by atoms with Crippen LogP contribution in [0.4, 0.5) is 0 Å². The van der Waals surface area contributed by atoms with Crippen molar-refractivity contribution in [3.63, 3.8) is 0 Å². The van der Waals surface area contributed by atoms with Crippen molar-refractivity contribution in [2.24, 2.45) is 4.99 Å². The van der Waals surface area contributed by atoms with Crippen molar-refractivity contribution in [3.8, 4) is 6.19 Å². The molecule has 0 aliphatic heterocycles. The summed E-state index contributed by atoms with van der Waals surface area (Å²) in [5.74, 6) is 0.592. The summed E-state index contributed by atoms with van der Waals surface area (Å²) in [6, 6.07) is 0.494. The number of nitrogens with zero attached hydrogens (tertiary/aromatic N) is 2. The van der Waals surface area contributed by atoms with Gasteiger partial charge in [-0.05, 0) is 12.8 Å². The molecule has 2 N–H and O–H groups in total. The predicted octanol–water partition coefficient (Wildman–Crippen LogP) is 0.965. The molecule has 1 aliphatic carbocycles. The molecule has 72 valence electrons. The van der Waals surface area contributed by atoms with E-state index in [4.69, 9.17) is 5.26 Å². The van der Waals surface area contributed by atoms with Gasteiger partial charge in [-0.3, -0.25) is 10.3 Å². The van der Waals surface area contributed by atoms with E-state index >= 15 is 0 Å². The summed E-state index contributed by atoms with van der Waals surface area (Å²) in [4.78, 5) is 3.94. The van der Waals surface area contributed by atoms with E-state index in [1.54, 1.807) is 7.05 Å². The summed E-state index contributed by atoms with van der Waals surface area (Å²) in [6.45, 7) is 0. The number of nitriles is 1. The zero-order valence-corrected chi connectivity index (χ0v) is 8.01. The van der Waals surface area contributed by atoms with Gasteiger partial charge < -0.3 is 5.32 Å². The van der Waals surface area contributed by atoms with Crippen LogP contribution in [-0.2, 0) is 0 Å². The van der Waals surface area contributed by atoms with Crippen LogP contribution in [0.1, 0.15) is 32.1 Å². The van der Waals surface area contributed by atoms with Gasteiger partial charge >= 0.3 is 0 Å². The highest BCUT2D eigenvalue weighted by Gasteiger charge is 2.13. The second-order valence-electron chi connectivity index (χ2n) is 3.29. The third kappa shape index (κ3) is 3.32. The second kappa shape index (κ2) is 5.41. The molecule has 0 radical (unpaired) electrons. The lowest BCUT2D eigenvalue weighted by Gasteiger charge is -2.23. The fraction of sp³-hybridized carbons (Fsp3) is 0.778. The smallest absolute Gasteiger partial charge is 0.204 e. The first-order valence-corrected chi connectivity index (χ1v) is 4.75. The Morgan fingerprint density at radius 2 is 2.08 bits per heavy atom. The molecule has 0 spiro atoms. The molecule has 1 rings (SSSR count). The van der Waals surface area contributed by atoms with E-state index in [0.29, 0.717) is 12.0 Å². The molecule has 4 nitrogen and oxygen atoms in total. The van der Waals surface area contributed by atoms with Gasteiger partial charge in [0.05, 0.1) is 0 Å². The zero-order chi connectivity index (χ0) is 9.52. The van der Waals surface area contributed by atoms with Crippen LogP contribution in [-0.4, -0.2) is 19.0 Å². The lowest BCUT2D eigenvalue weighted by Crippen LogP contribution is -2.42. The van der Waals surface area contributed by atoms with Crippen LogP contribution in [0.2, 0.25) is 0 Å². The van der Waals surface area contributed by atoms with E-state index in [1.165, 1.54) is 32.1 Å². The predicted molar refractivity (Wildman–Crippen MR) is 52.1 cm³/mol. The van der Waals surface area contributed by atoms with E-state index < -0.39 is 0 Å². The van der Waals surface area contributed by atoms with Crippen molar-refractivity contribution in [2.75, 3.05) is 7.05 Å². The van der Waals surface area contributed by atoms with E-state index in [-0.39, 0.29) is 0 Å². The molecule has 0 unspecified atom stereocenters. The molecule has 0 aromatic heterocycles. The van der Waals surface area contributed by atoms with E-state index in [9.17, 15) is 0 Å². The van der Waals surface area contributed by atoms with Crippen LogP contribution in [0.25, 0.3) is 0 Å². The van der Waals surface area contributed by atoms with Gasteiger partial charge in [-0.15, -0.1) is 0 Å². The van der Waals surface area contributed by atoms with E-state index in [2.05, 4.69) is 15.6 Å². The Balaban J connectivity index is 2.33. The van der Waals surface area contributed by atoms with Crippen LogP contribution in [0.5, 0.6) is 0 Å². The number of hydrogen-bond acceptors (Lipinski definition) is 2. The quantitative estimate of drug-likeness (QED) is 0.273. The molecule has 13 heavy (non-hydrogen) atoms. The van der Waals surface area contributed by atoms with Gasteiger partial charge in [0, 0.05) is 13.1 Å². The van der Waals surface area contributed by atoms with Crippen molar-refractivity contribution >= 4 is 5.96 Å². The molecule has 0 aromatic rings. The minimum absolute atomic E-state index is 0.494. The van der Waals surface area contributed by atoms with Gasteiger partial charge in [0.25, 0.3) is 0 Å². The average molecular weight is 180 g/mol. The van der Waals surface area contributed by atoms with Crippen molar-refractivity contribution in [1.82, 2.24) is 10.6 Å². The maximum absolute atomic E-state index is 8.42. The van der Waals surface area contributed by atoms with Gasteiger partial charge in [-0.2, -0.15) is 5.26 Å². The molecular formula is C9H16N4. The molecule has 0 aromatic carbocycles. The molecule has 0 atom stereocenters. The highest BCUT2D eigenvalue weighted by atomic mass is 15.2. The maximum Gasteiger partial charge on any atom is 0.204 e. The Labute approximate surface area is 79.0 Å². The molecule has 0 heterocycles. The minimum Gasteiger partial charge on any atom is -0.353 e. The number of aliphatic imine (C=N–C) groups is 1. The third-order valence-electron chi connectivity index (χ3n) is 2.34. The molecule has 4 heteroatoms. The third-order valence-corrected chi connectivity index (χ3v) is 2.34. The first kappa shape index (κ1) is 9.85. The highest BCUT2D eigenvalue weighted by Crippen LogP contribution is 2.16. The van der Waals surface area contributed by atoms with Crippen LogP contribution in [0.3, 0.4) is 0 Å². The average Bonchev–Trinajstić information content (AvgIpc) is 2.19. The highest BCUT2D eigenvalue weighted by molar-refractivity contribution is 5.81. The second-order valence-corrected chi connectivity index (χ2v) is 3.29. The Morgan fingerprint density at radius 3 is 2.62 bits per heavy atom. The van der Waals surface area contributed by atoms with Crippen LogP contribution in [0.15, 0.2) is 4.99 Å². The molecule has 0 saturated heterocycles. The zero-order valence-electron chi connectivity index (χ0n) is 8.01. The van der Waals surface area contributed by atoms with Gasteiger partial charge in [-0.25, -0.2) is 0 Å². The SMILES string of the molecule is CN=C(NC#N)NC1CCCCC1. The first-order chi connectivity index (χ1) is 6.36. The normalized spacial score (nSPS) is 19.2. The Kier molecular flexibility index (Phi) is 4.10. The van der Waals surface area contributed by atoms with Crippen LogP contribution < -0.4 is 10.6 Å². The molecule has 1 aliphatic rings. The van der Waals surface area contributed by atoms with Crippen LogP contribution >= 0.6 is 0 Å². The first-order valence-electron chi connectivity index (χ1n) is 4.75. The summed E-state index contributed by atoms with van der Waals surface area (Å²) in [7, 11) is 1.68. The van der Waals surface area contributed by atoms with Crippen molar-refractivity contribution in [1.29, 1.82) is 5.26 Å². The standard InChI is InChI=1S/C9H16N4/c1-11-9(12-7-10)13-8-5-3-2-4-6-8/h8H,2-6H2,1H3,(H2,11,12,13). The summed E-state index contributed by atoms with van der Waals surface area (Å²) in [5, 5.41) is 14.2. The molecule has 1 saturated carbocycles. The largest absolute Gasteiger partial charge is 0.353 e. The maximum atomic E-state index is 8.42. The monoisotopic (exact) mass is 180 g/mol. The van der Waals surface area contributed by atoms with Crippen molar-refractivity contribution in [3.05, 3.63) is 0 Å². The van der Waals surface area contributed by atoms with Crippen molar-refractivity contribution < 1.29 is 0 Å². The molecule has 1 fully saturated rings. The van der Waals surface area contributed by atoms with E-state index in [0.717, 1.165) is 0 Å². The summed E-state index contributed by atoms with van der Waals surface area (Å²) in [6.07, 6.45) is 8.13. The Morgan fingerprint density at radius 1 is 1.38 bits per heavy atom. The summed E-state index contributed by atoms with van der Waals surface area (Å²) < 4.78 is 0.